The van der Waals surface area contributed by atoms with E-state index in [1.54, 1.807) is 11.1 Å². The molecule has 0 saturated carbocycles. The molecule has 0 aromatic carbocycles. The Morgan fingerprint density at radius 2 is 2.04 bits per heavy atom. The number of nitrogens with zero attached hydrogens (tertiary/aromatic N) is 1. The van der Waals surface area contributed by atoms with Crippen LogP contribution in [0.4, 0.5) is 0 Å². The summed E-state index contributed by atoms with van der Waals surface area (Å²) in [5, 5.41) is 0. The number of halogens is 1. The minimum Gasteiger partial charge on any atom is -0.297 e. The second-order valence-electron chi connectivity index (χ2n) is 7.02. The highest BCUT2D eigenvalue weighted by Gasteiger charge is 2.41. The van der Waals surface area contributed by atoms with Crippen molar-refractivity contribution >= 4 is 22.6 Å². The zero-order valence-electron chi connectivity index (χ0n) is 15.7. The molecule has 0 bridgehead atoms. The third kappa shape index (κ3) is 5.73. The molecule has 0 radical (unpaired) electrons. The van der Waals surface area contributed by atoms with E-state index in [9.17, 15) is 0 Å². The van der Waals surface area contributed by atoms with Crippen molar-refractivity contribution in [2.75, 3.05) is 7.05 Å². The van der Waals surface area contributed by atoms with Crippen LogP contribution in [0.25, 0.3) is 0 Å². The van der Waals surface area contributed by atoms with Crippen LogP contribution in [-0.2, 0) is 0 Å². The summed E-state index contributed by atoms with van der Waals surface area (Å²) in [6, 6.07) is 1.57. The van der Waals surface area contributed by atoms with Crippen molar-refractivity contribution in [3.05, 3.63) is 56.8 Å². The minimum absolute atomic E-state index is 0.768. The van der Waals surface area contributed by atoms with E-state index >= 15 is 0 Å². The second kappa shape index (κ2) is 9.76. The number of allylic oxidation sites excluding steroid dienone is 9. The number of rotatable bonds is 8. The summed E-state index contributed by atoms with van der Waals surface area (Å²) in [6.45, 7) is 6.62. The molecular weight excluding hydrogens is 405 g/mol. The molecule has 1 saturated heterocycles. The third-order valence-electron chi connectivity index (χ3n) is 5.30. The largest absolute Gasteiger partial charge is 0.297 e. The van der Waals surface area contributed by atoms with Crippen molar-refractivity contribution in [3.63, 3.8) is 0 Å². The van der Waals surface area contributed by atoms with Crippen molar-refractivity contribution in [2.24, 2.45) is 0 Å². The van der Waals surface area contributed by atoms with Crippen LogP contribution in [0.3, 0.4) is 0 Å². The van der Waals surface area contributed by atoms with Crippen molar-refractivity contribution in [1.82, 2.24) is 4.90 Å². The fourth-order valence-corrected chi connectivity index (χ4v) is 4.04. The lowest BCUT2D eigenvalue weighted by Gasteiger charge is -2.16. The minimum atomic E-state index is 0.768. The summed E-state index contributed by atoms with van der Waals surface area (Å²) in [7, 11) is 2.26. The summed E-state index contributed by atoms with van der Waals surface area (Å²) in [6.07, 6.45) is 20.9. The molecule has 2 heteroatoms. The smallest absolute Gasteiger partial charge is 0.0286 e. The predicted molar refractivity (Wildman–Crippen MR) is 116 cm³/mol. The van der Waals surface area contributed by atoms with Gasteiger partial charge in [0.1, 0.15) is 0 Å². The van der Waals surface area contributed by atoms with E-state index in [4.69, 9.17) is 0 Å². The van der Waals surface area contributed by atoms with E-state index in [1.807, 2.05) is 0 Å². The molecule has 2 aliphatic rings. The Hall–Kier alpha value is -0.610. The summed E-state index contributed by atoms with van der Waals surface area (Å²) >= 11 is 2.48. The maximum absolute atomic E-state index is 2.54. The van der Waals surface area contributed by atoms with E-state index < -0.39 is 0 Å². The molecule has 3 atom stereocenters. The first-order chi connectivity index (χ1) is 11.6. The number of likely N-dealkylation sites (N-methyl/N-ethyl adjacent to an activating group) is 1. The van der Waals surface area contributed by atoms with Gasteiger partial charge >= 0.3 is 0 Å². The van der Waals surface area contributed by atoms with Gasteiger partial charge in [-0.1, -0.05) is 49.0 Å². The maximum atomic E-state index is 2.54. The summed E-state index contributed by atoms with van der Waals surface area (Å²) in [5.41, 5.74) is 4.65. The summed E-state index contributed by atoms with van der Waals surface area (Å²) < 4.78 is 1.44. The monoisotopic (exact) mass is 437 g/mol. The topological polar surface area (TPSA) is 3.01 Å². The Morgan fingerprint density at radius 1 is 1.25 bits per heavy atom. The average molecular weight is 437 g/mol. The van der Waals surface area contributed by atoms with Crippen LogP contribution in [0.15, 0.2) is 56.8 Å². The molecule has 24 heavy (non-hydrogen) atoms. The van der Waals surface area contributed by atoms with Gasteiger partial charge in [-0.2, -0.15) is 0 Å². The average Bonchev–Trinajstić information content (AvgIpc) is 3.22. The molecular formula is C22H32IN. The number of hydrogen-bond donors (Lipinski definition) is 0. The Balaban J connectivity index is 2.04. The molecule has 1 nitrogen and oxygen atoms in total. The van der Waals surface area contributed by atoms with Gasteiger partial charge < -0.3 is 0 Å². The van der Waals surface area contributed by atoms with Gasteiger partial charge in [-0.3, -0.25) is 4.90 Å². The molecule has 1 fully saturated rings. The molecule has 1 aliphatic heterocycles. The predicted octanol–water partition coefficient (Wildman–Crippen LogP) is 6.74. The van der Waals surface area contributed by atoms with Crippen molar-refractivity contribution in [2.45, 2.75) is 71.4 Å². The Labute approximate surface area is 162 Å². The van der Waals surface area contributed by atoms with Gasteiger partial charge in [-0.15, -0.1) is 0 Å². The molecule has 1 aliphatic carbocycles. The lowest BCUT2D eigenvalue weighted by Crippen LogP contribution is -1.99. The van der Waals surface area contributed by atoms with Gasteiger partial charge in [0.05, 0.1) is 0 Å². The van der Waals surface area contributed by atoms with Crippen LogP contribution in [-0.4, -0.2) is 24.0 Å². The van der Waals surface area contributed by atoms with Crippen LogP contribution in [0.1, 0.15) is 59.3 Å². The number of hydrogen-bond acceptors (Lipinski definition) is 1. The molecule has 0 amide bonds. The molecule has 0 aromatic rings. The highest BCUT2D eigenvalue weighted by atomic mass is 127. The van der Waals surface area contributed by atoms with Gasteiger partial charge in [0.2, 0.25) is 0 Å². The zero-order chi connectivity index (χ0) is 17.5. The third-order valence-corrected chi connectivity index (χ3v) is 6.20. The first-order valence-electron chi connectivity index (χ1n) is 9.31. The molecule has 132 valence electrons. The van der Waals surface area contributed by atoms with Crippen LogP contribution in [0.5, 0.6) is 0 Å². The van der Waals surface area contributed by atoms with Crippen LogP contribution >= 0.6 is 22.6 Å². The van der Waals surface area contributed by atoms with Gasteiger partial charge in [0, 0.05) is 12.1 Å². The van der Waals surface area contributed by atoms with Crippen molar-refractivity contribution in [1.29, 1.82) is 0 Å². The highest BCUT2D eigenvalue weighted by molar-refractivity contribution is 14.1. The molecule has 2 rings (SSSR count). The Morgan fingerprint density at radius 3 is 2.62 bits per heavy atom. The molecule has 0 spiro atoms. The molecule has 1 heterocycles. The van der Waals surface area contributed by atoms with E-state index in [0.29, 0.717) is 0 Å². The van der Waals surface area contributed by atoms with Gasteiger partial charge in [0.15, 0.2) is 0 Å². The van der Waals surface area contributed by atoms with Crippen LogP contribution in [0, 0.1) is 0 Å². The van der Waals surface area contributed by atoms with E-state index in [0.717, 1.165) is 24.9 Å². The van der Waals surface area contributed by atoms with E-state index in [2.05, 4.69) is 91.8 Å². The van der Waals surface area contributed by atoms with Crippen LogP contribution < -0.4 is 0 Å². The lowest BCUT2D eigenvalue weighted by molar-refractivity contribution is 0.574. The zero-order valence-corrected chi connectivity index (χ0v) is 17.8. The quantitative estimate of drug-likeness (QED) is 0.231. The second-order valence-corrected chi connectivity index (χ2v) is 8.40. The van der Waals surface area contributed by atoms with Crippen molar-refractivity contribution < 1.29 is 0 Å². The normalized spacial score (nSPS) is 28.1. The molecule has 0 N–H and O–H groups in total. The van der Waals surface area contributed by atoms with Crippen LogP contribution in [0.2, 0.25) is 0 Å². The van der Waals surface area contributed by atoms with E-state index in [-0.39, 0.29) is 0 Å². The molecule has 3 unspecified atom stereocenters. The fraction of sp³-hybridized carbons (Fsp3) is 0.545. The maximum Gasteiger partial charge on any atom is 0.0286 e. The first kappa shape index (κ1) is 19.7. The standard InChI is InChI=1S/C22H32IN/c1-5-7-8-20(23)15-13-19(18-11-9-17(3)10-12-18)14-16-22-21(6-2)24(22)4/h5,7-9,11,14,21-22H,6,10,12-13,15-16H2,1-4H3/b7-5-,19-14+,20-8-. The molecule has 0 aromatic heterocycles. The Bertz CT molecular complexity index is 577. The highest BCUT2D eigenvalue weighted by Crippen LogP contribution is 2.34. The Kier molecular flexibility index (Phi) is 8.02. The summed E-state index contributed by atoms with van der Waals surface area (Å²) in [4.78, 5) is 2.52. The van der Waals surface area contributed by atoms with Crippen molar-refractivity contribution in [3.8, 4) is 0 Å². The SMILES string of the molecule is C/C=C\C=C(/I)CC/C(=C\CC1C(CC)N1C)C1=CC=C(C)CC1. The lowest BCUT2D eigenvalue weighted by atomic mass is 9.90. The fourth-order valence-electron chi connectivity index (χ4n) is 3.56. The van der Waals surface area contributed by atoms with Gasteiger partial charge in [-0.25, -0.2) is 0 Å². The summed E-state index contributed by atoms with van der Waals surface area (Å²) in [5.74, 6) is 0. The van der Waals surface area contributed by atoms with Gasteiger partial charge in [-0.05, 0) is 96.7 Å². The van der Waals surface area contributed by atoms with Gasteiger partial charge in [0.25, 0.3) is 0 Å². The first-order valence-corrected chi connectivity index (χ1v) is 10.4. The van der Waals surface area contributed by atoms with E-state index in [1.165, 1.54) is 34.8 Å².